The molecule has 4 heterocycles. The molecule has 2 atom stereocenters. The third-order valence-corrected chi connectivity index (χ3v) is 5.86. The molecule has 5 rings (SSSR count). The zero-order valence-electron chi connectivity index (χ0n) is 15.7. The molecule has 3 aromatic rings. The van der Waals surface area contributed by atoms with E-state index in [-0.39, 0.29) is 11.4 Å². The highest BCUT2D eigenvalue weighted by Gasteiger charge is 2.41. The van der Waals surface area contributed by atoms with Crippen LogP contribution in [0.15, 0.2) is 35.3 Å². The normalized spacial score (nSPS) is 21.5. The molecule has 1 saturated heterocycles. The van der Waals surface area contributed by atoms with E-state index in [1.54, 1.807) is 6.20 Å². The first-order chi connectivity index (χ1) is 14.2. The number of nitrogens with one attached hydrogen (secondary N) is 3. The number of nitrogens with zero attached hydrogens (tertiary/aromatic N) is 3. The summed E-state index contributed by atoms with van der Waals surface area (Å²) >= 11 is 0. The molecule has 0 bridgehead atoms. The van der Waals surface area contributed by atoms with E-state index in [2.05, 4.69) is 26.3 Å². The summed E-state index contributed by atoms with van der Waals surface area (Å²) in [5, 5.41) is 13.3. The third kappa shape index (κ3) is 2.78. The van der Waals surface area contributed by atoms with Gasteiger partial charge in [0.05, 0.1) is 11.6 Å². The lowest BCUT2D eigenvalue weighted by atomic mass is 9.79. The fraction of sp³-hybridized carbons (Fsp3) is 0.333. The summed E-state index contributed by atoms with van der Waals surface area (Å²) < 4.78 is 0. The first kappa shape index (κ1) is 17.5. The van der Waals surface area contributed by atoms with Crippen molar-refractivity contribution in [1.29, 1.82) is 5.26 Å². The van der Waals surface area contributed by atoms with Crippen molar-refractivity contribution >= 4 is 28.6 Å². The zero-order chi connectivity index (χ0) is 20.0. The standard InChI is InChI=1S/C21H20N6O2/c22-10-13-16(14-11-23-15-7-3-2-6-12(14)15)17-18(24-19(13)28)25-21(26-20(17)29)27-8-4-1-5-9-27/h2-3,6-7,11,13,16,23H,1,4-5,8-9H2,(H2,24,25,26,28,29). The number of aromatic amines is 2. The first-order valence-electron chi connectivity index (χ1n) is 9.83. The van der Waals surface area contributed by atoms with Gasteiger partial charge in [0.25, 0.3) is 5.56 Å². The second-order valence-electron chi connectivity index (χ2n) is 7.56. The van der Waals surface area contributed by atoms with Crippen LogP contribution in [0.2, 0.25) is 0 Å². The van der Waals surface area contributed by atoms with Crippen LogP contribution in [0.5, 0.6) is 0 Å². The van der Waals surface area contributed by atoms with Crippen molar-refractivity contribution in [2.75, 3.05) is 23.3 Å². The number of carbonyl (C=O) groups is 1. The van der Waals surface area contributed by atoms with Gasteiger partial charge in [-0.2, -0.15) is 10.2 Å². The summed E-state index contributed by atoms with van der Waals surface area (Å²) in [7, 11) is 0. The number of fused-ring (bicyclic) bond motifs is 2. The lowest BCUT2D eigenvalue weighted by Gasteiger charge is -2.31. The molecule has 0 aliphatic carbocycles. The molecule has 2 aromatic heterocycles. The minimum absolute atomic E-state index is 0.251. The predicted octanol–water partition coefficient (Wildman–Crippen LogP) is 2.47. The SMILES string of the molecule is N#CC1C(=O)Nc2nc(N3CCCCC3)[nH]c(=O)c2C1c1c[nH]c2ccccc12. The second-order valence-corrected chi connectivity index (χ2v) is 7.56. The van der Waals surface area contributed by atoms with Crippen molar-refractivity contribution in [2.45, 2.75) is 25.2 Å². The van der Waals surface area contributed by atoms with Gasteiger partial charge in [-0.15, -0.1) is 0 Å². The Morgan fingerprint density at radius 2 is 1.93 bits per heavy atom. The van der Waals surface area contributed by atoms with E-state index in [0.29, 0.717) is 11.5 Å². The number of para-hydroxylation sites is 1. The maximum absolute atomic E-state index is 13.1. The Morgan fingerprint density at radius 1 is 1.14 bits per heavy atom. The molecule has 2 unspecified atom stereocenters. The van der Waals surface area contributed by atoms with Crippen LogP contribution >= 0.6 is 0 Å². The van der Waals surface area contributed by atoms with Crippen molar-refractivity contribution in [1.82, 2.24) is 15.0 Å². The quantitative estimate of drug-likeness (QED) is 0.623. The van der Waals surface area contributed by atoms with Gasteiger partial charge < -0.3 is 15.2 Å². The van der Waals surface area contributed by atoms with E-state index < -0.39 is 17.7 Å². The summed E-state index contributed by atoms with van der Waals surface area (Å²) in [5.41, 5.74) is 1.66. The Kier molecular flexibility index (Phi) is 4.09. The molecule has 0 radical (unpaired) electrons. The van der Waals surface area contributed by atoms with Gasteiger partial charge in [0, 0.05) is 36.1 Å². The smallest absolute Gasteiger partial charge is 0.258 e. The van der Waals surface area contributed by atoms with E-state index in [0.717, 1.165) is 48.8 Å². The first-order valence-corrected chi connectivity index (χ1v) is 9.83. The van der Waals surface area contributed by atoms with Crippen molar-refractivity contribution in [2.24, 2.45) is 5.92 Å². The second kappa shape index (κ2) is 6.78. The van der Waals surface area contributed by atoms with E-state index >= 15 is 0 Å². The van der Waals surface area contributed by atoms with Crippen LogP contribution in [-0.2, 0) is 4.79 Å². The van der Waals surface area contributed by atoms with Gasteiger partial charge in [0.15, 0.2) is 0 Å². The van der Waals surface area contributed by atoms with Gasteiger partial charge in [-0.25, -0.2) is 0 Å². The lowest BCUT2D eigenvalue weighted by Crippen LogP contribution is -2.40. The lowest BCUT2D eigenvalue weighted by molar-refractivity contribution is -0.119. The third-order valence-electron chi connectivity index (χ3n) is 5.86. The number of anilines is 2. The molecule has 0 saturated carbocycles. The highest BCUT2D eigenvalue weighted by atomic mass is 16.2. The number of hydrogen-bond donors (Lipinski definition) is 3. The number of H-pyrrole nitrogens is 2. The molecule has 29 heavy (non-hydrogen) atoms. The highest BCUT2D eigenvalue weighted by Crippen LogP contribution is 2.40. The number of rotatable bonds is 2. The molecule has 8 nitrogen and oxygen atoms in total. The summed E-state index contributed by atoms with van der Waals surface area (Å²) in [6.45, 7) is 1.64. The van der Waals surface area contributed by atoms with Crippen molar-refractivity contribution in [3.05, 3.63) is 51.9 Å². The topological polar surface area (TPSA) is 118 Å². The number of carbonyl (C=O) groups excluding carboxylic acids is 1. The van der Waals surface area contributed by atoms with Gasteiger partial charge in [-0.1, -0.05) is 18.2 Å². The Morgan fingerprint density at radius 3 is 2.72 bits per heavy atom. The van der Waals surface area contributed by atoms with E-state index in [1.807, 2.05) is 29.2 Å². The number of aromatic nitrogens is 3. The molecule has 1 amide bonds. The van der Waals surface area contributed by atoms with Crippen LogP contribution in [0, 0.1) is 17.2 Å². The molecule has 1 aromatic carbocycles. The van der Waals surface area contributed by atoms with Crippen LogP contribution in [0.3, 0.4) is 0 Å². The fourth-order valence-electron chi connectivity index (χ4n) is 4.44. The maximum Gasteiger partial charge on any atom is 0.258 e. The van der Waals surface area contributed by atoms with Gasteiger partial charge in [-0.3, -0.25) is 14.6 Å². The van der Waals surface area contributed by atoms with E-state index in [1.165, 1.54) is 0 Å². The van der Waals surface area contributed by atoms with Gasteiger partial charge >= 0.3 is 0 Å². The molecule has 0 spiro atoms. The molecule has 1 fully saturated rings. The molecular weight excluding hydrogens is 368 g/mol. The van der Waals surface area contributed by atoms with E-state index in [9.17, 15) is 14.9 Å². The van der Waals surface area contributed by atoms with E-state index in [4.69, 9.17) is 0 Å². The Labute approximate surface area is 166 Å². The van der Waals surface area contributed by atoms with Gasteiger partial charge in [0.1, 0.15) is 11.7 Å². The molecule has 8 heteroatoms. The number of piperidine rings is 1. The number of amides is 1. The average Bonchev–Trinajstić information content (AvgIpc) is 3.17. The molecule has 2 aliphatic heterocycles. The average molecular weight is 388 g/mol. The fourth-order valence-corrected chi connectivity index (χ4v) is 4.44. The van der Waals surface area contributed by atoms with Crippen LogP contribution < -0.4 is 15.8 Å². The van der Waals surface area contributed by atoms with Crippen LogP contribution in [0.4, 0.5) is 11.8 Å². The summed E-state index contributed by atoms with van der Waals surface area (Å²) in [4.78, 5) is 38.5. The van der Waals surface area contributed by atoms with Crippen LogP contribution in [0.1, 0.15) is 36.3 Å². The Hall–Kier alpha value is -3.60. The van der Waals surface area contributed by atoms with Gasteiger partial charge in [0.2, 0.25) is 11.9 Å². The summed E-state index contributed by atoms with van der Waals surface area (Å²) in [5.74, 6) is -1.40. The Bertz CT molecular complexity index is 1200. The zero-order valence-corrected chi connectivity index (χ0v) is 15.7. The van der Waals surface area contributed by atoms with Crippen LogP contribution in [-0.4, -0.2) is 33.9 Å². The van der Waals surface area contributed by atoms with Crippen molar-refractivity contribution < 1.29 is 4.79 Å². The Balaban J connectivity index is 1.69. The van der Waals surface area contributed by atoms with Crippen LogP contribution in [0.25, 0.3) is 10.9 Å². The van der Waals surface area contributed by atoms with Crippen molar-refractivity contribution in [3.8, 4) is 6.07 Å². The minimum Gasteiger partial charge on any atom is -0.361 e. The number of nitriles is 1. The minimum atomic E-state index is -1.01. The molecule has 2 aliphatic rings. The maximum atomic E-state index is 13.1. The largest absolute Gasteiger partial charge is 0.361 e. The molecule has 3 N–H and O–H groups in total. The number of benzene rings is 1. The van der Waals surface area contributed by atoms with Gasteiger partial charge in [-0.05, 0) is 30.9 Å². The summed E-state index contributed by atoms with van der Waals surface area (Å²) in [6.07, 6.45) is 5.03. The number of hydrogen-bond acceptors (Lipinski definition) is 5. The van der Waals surface area contributed by atoms with Crippen molar-refractivity contribution in [3.63, 3.8) is 0 Å². The summed E-state index contributed by atoms with van der Waals surface area (Å²) in [6, 6.07) is 9.73. The highest BCUT2D eigenvalue weighted by molar-refractivity contribution is 5.99. The monoisotopic (exact) mass is 388 g/mol. The molecular formula is C21H20N6O2. The molecule has 146 valence electrons. The predicted molar refractivity (Wildman–Crippen MR) is 109 cm³/mol.